The summed E-state index contributed by atoms with van der Waals surface area (Å²) in [6.45, 7) is 15.0. The smallest absolute Gasteiger partial charge is 0.304 e. The Bertz CT molecular complexity index is 1320. The average molecular weight is 519 g/mol. The van der Waals surface area contributed by atoms with Gasteiger partial charge in [0.2, 0.25) is 0 Å². The molecular formula is C31H39N2O3P. The maximum Gasteiger partial charge on any atom is 0.304 e. The Labute approximate surface area is 222 Å². The molecule has 1 heterocycles. The second-order valence-electron chi connectivity index (χ2n) is 10.9. The average Bonchev–Trinajstić information content (AvgIpc) is 2.94. The maximum atomic E-state index is 11.9. The zero-order valence-corrected chi connectivity index (χ0v) is 23.8. The van der Waals surface area contributed by atoms with E-state index in [1.807, 2.05) is 6.92 Å². The van der Waals surface area contributed by atoms with Gasteiger partial charge in [0, 0.05) is 36.8 Å². The number of carboxylic acids is 1. The summed E-state index contributed by atoms with van der Waals surface area (Å²) in [5.41, 5.74) is 14.7. The summed E-state index contributed by atoms with van der Waals surface area (Å²) in [4.78, 5) is 14.4. The van der Waals surface area contributed by atoms with E-state index in [0.29, 0.717) is 8.58 Å². The van der Waals surface area contributed by atoms with E-state index in [-0.39, 0.29) is 17.9 Å². The molecule has 0 radical (unpaired) electrons. The molecule has 3 N–H and O–H groups in total. The number of carbonyl (C=O) groups is 1. The maximum absolute atomic E-state index is 11.9. The van der Waals surface area contributed by atoms with Crippen LogP contribution in [0, 0.1) is 20.8 Å². The minimum absolute atomic E-state index is 0.0217. The molecule has 0 aromatic heterocycles. The van der Waals surface area contributed by atoms with Gasteiger partial charge < -0.3 is 15.6 Å². The fraction of sp³-hybridized carbons (Fsp3) is 0.387. The lowest BCUT2D eigenvalue weighted by atomic mass is 9.84. The SMILES string of the molecule is CPc1ccc(C(CC(=O)O)c2ccc(C)c(CN3Cc4ccc(C)cc4OC(C)(C)C3)c2)c(C)c1N. The molecule has 0 amide bonds. The van der Waals surface area contributed by atoms with Crippen molar-refractivity contribution in [3.8, 4) is 5.75 Å². The second-order valence-corrected chi connectivity index (χ2v) is 12.0. The Hall–Kier alpha value is -2.88. The molecule has 1 aliphatic rings. The molecule has 0 bridgehead atoms. The first kappa shape index (κ1) is 27.2. The first-order chi connectivity index (χ1) is 17.5. The molecule has 6 heteroatoms. The highest BCUT2D eigenvalue weighted by atomic mass is 31.1. The van der Waals surface area contributed by atoms with Crippen molar-refractivity contribution in [2.75, 3.05) is 18.9 Å². The molecule has 37 heavy (non-hydrogen) atoms. The van der Waals surface area contributed by atoms with Crippen molar-refractivity contribution in [2.24, 2.45) is 0 Å². The van der Waals surface area contributed by atoms with Crippen LogP contribution >= 0.6 is 8.58 Å². The predicted molar refractivity (Wildman–Crippen MR) is 155 cm³/mol. The zero-order valence-electron chi connectivity index (χ0n) is 22.8. The van der Waals surface area contributed by atoms with Crippen LogP contribution in [0.2, 0.25) is 0 Å². The molecule has 0 spiro atoms. The molecule has 0 saturated carbocycles. The quantitative estimate of drug-likeness (QED) is 0.301. The largest absolute Gasteiger partial charge is 0.486 e. The van der Waals surface area contributed by atoms with Gasteiger partial charge >= 0.3 is 5.97 Å². The van der Waals surface area contributed by atoms with Gasteiger partial charge in [-0.25, -0.2) is 0 Å². The number of hydrogen-bond acceptors (Lipinski definition) is 4. The fourth-order valence-corrected chi connectivity index (χ4v) is 6.11. The number of carboxylic acid groups (broad SMARTS) is 1. The third-order valence-electron chi connectivity index (χ3n) is 7.36. The minimum Gasteiger partial charge on any atom is -0.486 e. The Morgan fingerprint density at radius 1 is 1.14 bits per heavy atom. The van der Waals surface area contributed by atoms with Crippen LogP contribution in [0.4, 0.5) is 5.69 Å². The number of rotatable bonds is 7. The number of benzene rings is 3. The summed E-state index contributed by atoms with van der Waals surface area (Å²) in [6.07, 6.45) is 0.0217. The fourth-order valence-electron chi connectivity index (χ4n) is 5.41. The van der Waals surface area contributed by atoms with Crippen LogP contribution in [0.15, 0.2) is 48.5 Å². The molecule has 5 nitrogen and oxygen atoms in total. The summed E-state index contributed by atoms with van der Waals surface area (Å²) in [5, 5.41) is 10.9. The first-order valence-corrected chi connectivity index (χ1v) is 14.4. The molecule has 3 aromatic carbocycles. The molecule has 1 aliphatic heterocycles. The van der Waals surface area contributed by atoms with Gasteiger partial charge in [-0.2, -0.15) is 0 Å². The third-order valence-corrected chi connectivity index (χ3v) is 8.33. The number of aliphatic carboxylic acids is 1. The number of ether oxygens (including phenoxy) is 1. The van der Waals surface area contributed by atoms with Gasteiger partial charge in [0.05, 0.1) is 6.42 Å². The zero-order chi connectivity index (χ0) is 26.9. The lowest BCUT2D eigenvalue weighted by Gasteiger charge is -2.30. The van der Waals surface area contributed by atoms with Gasteiger partial charge in [-0.1, -0.05) is 51.0 Å². The molecule has 2 unspecified atom stereocenters. The number of fused-ring (bicyclic) bond motifs is 1. The molecule has 2 atom stereocenters. The molecule has 4 rings (SSSR count). The van der Waals surface area contributed by atoms with Crippen molar-refractivity contribution in [3.63, 3.8) is 0 Å². The van der Waals surface area contributed by atoms with Crippen LogP contribution in [-0.2, 0) is 17.9 Å². The number of anilines is 1. The number of aryl methyl sites for hydroxylation is 2. The van der Waals surface area contributed by atoms with E-state index >= 15 is 0 Å². The molecule has 196 valence electrons. The normalized spacial score (nSPS) is 16.3. The second kappa shape index (κ2) is 10.8. The van der Waals surface area contributed by atoms with E-state index in [1.54, 1.807) is 0 Å². The van der Waals surface area contributed by atoms with Crippen LogP contribution in [0.5, 0.6) is 5.75 Å². The molecular weight excluding hydrogens is 479 g/mol. The summed E-state index contributed by atoms with van der Waals surface area (Å²) in [5.74, 6) is -0.116. The van der Waals surface area contributed by atoms with Gasteiger partial charge in [-0.15, -0.1) is 0 Å². The highest BCUT2D eigenvalue weighted by Gasteiger charge is 2.30. The first-order valence-electron chi connectivity index (χ1n) is 12.9. The van der Waals surface area contributed by atoms with Crippen molar-refractivity contribution in [1.29, 1.82) is 0 Å². The van der Waals surface area contributed by atoms with Gasteiger partial charge in [0.1, 0.15) is 11.4 Å². The van der Waals surface area contributed by atoms with Gasteiger partial charge in [0.15, 0.2) is 0 Å². The summed E-state index contributed by atoms with van der Waals surface area (Å²) < 4.78 is 6.41. The molecule has 0 aliphatic carbocycles. The topological polar surface area (TPSA) is 75.8 Å². The predicted octanol–water partition coefficient (Wildman–Crippen LogP) is 5.91. The summed E-state index contributed by atoms with van der Waals surface area (Å²) in [6, 6.07) is 16.9. The standard InChI is InChI=1S/C31H39N2O3P/c1-19-7-9-23-16-33(18-31(4,5)36-27(23)13-19)17-24-14-22(10-8-20(24)2)26(15-29(34)35)25-11-12-28(37-6)30(32)21(25)3/h7-14,26,37H,15-18,32H2,1-6H3,(H,34,35). The third kappa shape index (κ3) is 6.17. The van der Waals surface area contributed by atoms with Crippen LogP contribution in [0.25, 0.3) is 0 Å². The number of nitrogens with zero attached hydrogens (tertiary/aromatic N) is 1. The molecule has 3 aromatic rings. The van der Waals surface area contributed by atoms with E-state index in [0.717, 1.165) is 53.1 Å². The minimum atomic E-state index is -0.815. The number of nitrogens with two attached hydrogens (primary N) is 1. The Kier molecular flexibility index (Phi) is 7.96. The van der Waals surface area contributed by atoms with Crippen molar-refractivity contribution < 1.29 is 14.6 Å². The Morgan fingerprint density at radius 3 is 2.59 bits per heavy atom. The van der Waals surface area contributed by atoms with Crippen molar-refractivity contribution >= 4 is 25.5 Å². The van der Waals surface area contributed by atoms with Crippen LogP contribution < -0.4 is 15.8 Å². The monoisotopic (exact) mass is 518 g/mol. The van der Waals surface area contributed by atoms with E-state index < -0.39 is 5.97 Å². The number of nitrogen functional groups attached to an aromatic ring is 1. The van der Waals surface area contributed by atoms with Crippen molar-refractivity contribution in [1.82, 2.24) is 4.90 Å². The summed E-state index contributed by atoms with van der Waals surface area (Å²) >= 11 is 0. The number of hydrogen-bond donors (Lipinski definition) is 2. The van der Waals surface area contributed by atoms with Crippen LogP contribution in [0.3, 0.4) is 0 Å². The van der Waals surface area contributed by atoms with E-state index in [2.05, 4.69) is 87.8 Å². The van der Waals surface area contributed by atoms with E-state index in [1.165, 1.54) is 22.3 Å². The van der Waals surface area contributed by atoms with E-state index in [4.69, 9.17) is 10.5 Å². The lowest BCUT2D eigenvalue weighted by Crippen LogP contribution is -2.40. The van der Waals surface area contributed by atoms with Gasteiger partial charge in [0.25, 0.3) is 0 Å². The van der Waals surface area contributed by atoms with Crippen molar-refractivity contribution in [2.45, 2.75) is 65.6 Å². The summed E-state index contributed by atoms with van der Waals surface area (Å²) in [7, 11) is 0.600. The molecule has 0 fully saturated rings. The highest BCUT2D eigenvalue weighted by molar-refractivity contribution is 7.46. The van der Waals surface area contributed by atoms with E-state index in [9.17, 15) is 9.90 Å². The lowest BCUT2D eigenvalue weighted by molar-refractivity contribution is -0.137. The van der Waals surface area contributed by atoms with Crippen LogP contribution in [-0.4, -0.2) is 34.8 Å². The van der Waals surface area contributed by atoms with Crippen molar-refractivity contribution in [3.05, 3.63) is 87.5 Å². The molecule has 0 saturated heterocycles. The van der Waals surface area contributed by atoms with Crippen LogP contribution in [0.1, 0.15) is 65.1 Å². The Balaban J connectivity index is 1.70. The highest BCUT2D eigenvalue weighted by Crippen LogP contribution is 2.35. The Morgan fingerprint density at radius 2 is 1.89 bits per heavy atom. The van der Waals surface area contributed by atoms with Gasteiger partial charge in [-0.3, -0.25) is 9.69 Å². The van der Waals surface area contributed by atoms with Gasteiger partial charge in [-0.05, 0) is 86.0 Å².